The largest absolute Gasteiger partial charge is 0.497 e. The highest BCUT2D eigenvalue weighted by Gasteiger charge is 2.20. The van der Waals surface area contributed by atoms with Crippen LogP contribution in [0.1, 0.15) is 0 Å². The van der Waals surface area contributed by atoms with Crippen LogP contribution in [0.4, 0.5) is 11.4 Å². The fraction of sp³-hybridized carbons (Fsp3) is 0.350. The summed E-state index contributed by atoms with van der Waals surface area (Å²) in [5.41, 5.74) is 1.97. The average molecular weight is 388 g/mol. The molecule has 27 heavy (non-hydrogen) atoms. The van der Waals surface area contributed by atoms with Gasteiger partial charge in [-0.3, -0.25) is 0 Å². The first-order chi connectivity index (χ1) is 13.1. The summed E-state index contributed by atoms with van der Waals surface area (Å²) in [6.45, 7) is 3.47. The maximum absolute atomic E-state index is 5.62. The Morgan fingerprint density at radius 2 is 1.59 bits per heavy atom. The Labute approximate surface area is 165 Å². The number of rotatable bonds is 5. The SMILES string of the molecule is COc1cccc(N2CCN(C(=S)Nc3cc(OC)ccc3OC)CC2)c1. The lowest BCUT2D eigenvalue weighted by Crippen LogP contribution is -2.50. The van der Waals surface area contributed by atoms with E-state index in [1.807, 2.05) is 30.3 Å². The maximum Gasteiger partial charge on any atom is 0.173 e. The van der Waals surface area contributed by atoms with Gasteiger partial charge in [0.15, 0.2) is 5.11 Å². The van der Waals surface area contributed by atoms with Gasteiger partial charge in [0, 0.05) is 44.0 Å². The van der Waals surface area contributed by atoms with Gasteiger partial charge in [0.1, 0.15) is 17.2 Å². The zero-order chi connectivity index (χ0) is 19.2. The number of benzene rings is 2. The second kappa shape index (κ2) is 8.81. The zero-order valence-corrected chi connectivity index (χ0v) is 16.7. The van der Waals surface area contributed by atoms with Gasteiger partial charge in [-0.2, -0.15) is 0 Å². The van der Waals surface area contributed by atoms with Gasteiger partial charge in [0.25, 0.3) is 0 Å². The summed E-state index contributed by atoms with van der Waals surface area (Å²) in [6.07, 6.45) is 0. The standard InChI is InChI=1S/C20H25N3O3S/c1-24-16-6-4-5-15(13-16)22-9-11-23(12-10-22)20(27)21-18-14-17(25-2)7-8-19(18)26-3/h4-8,13-14H,9-12H2,1-3H3,(H,21,27). The Morgan fingerprint density at radius 1 is 0.889 bits per heavy atom. The third-order valence-corrected chi connectivity index (χ3v) is 4.99. The summed E-state index contributed by atoms with van der Waals surface area (Å²) in [5.74, 6) is 2.36. The molecule has 0 bridgehead atoms. The van der Waals surface area contributed by atoms with E-state index < -0.39 is 0 Å². The summed E-state index contributed by atoms with van der Waals surface area (Å²) in [4.78, 5) is 4.51. The molecule has 1 heterocycles. The van der Waals surface area contributed by atoms with Crippen LogP contribution in [0.25, 0.3) is 0 Å². The van der Waals surface area contributed by atoms with Crippen molar-refractivity contribution < 1.29 is 14.2 Å². The molecule has 6 nitrogen and oxygen atoms in total. The number of anilines is 2. The Bertz CT molecular complexity index is 792. The van der Waals surface area contributed by atoms with Gasteiger partial charge < -0.3 is 29.3 Å². The van der Waals surface area contributed by atoms with Crippen molar-refractivity contribution in [2.45, 2.75) is 0 Å². The second-order valence-electron chi connectivity index (χ2n) is 6.17. The highest BCUT2D eigenvalue weighted by Crippen LogP contribution is 2.29. The van der Waals surface area contributed by atoms with Crippen LogP contribution in [-0.4, -0.2) is 57.5 Å². The fourth-order valence-corrected chi connectivity index (χ4v) is 3.37. The van der Waals surface area contributed by atoms with Crippen LogP contribution in [0.3, 0.4) is 0 Å². The van der Waals surface area contributed by atoms with Crippen LogP contribution >= 0.6 is 12.2 Å². The second-order valence-corrected chi connectivity index (χ2v) is 6.56. The van der Waals surface area contributed by atoms with Crippen LogP contribution in [-0.2, 0) is 0 Å². The average Bonchev–Trinajstić information content (AvgIpc) is 2.73. The molecule has 0 atom stereocenters. The fourth-order valence-electron chi connectivity index (χ4n) is 3.08. The highest BCUT2D eigenvalue weighted by atomic mass is 32.1. The molecular formula is C20H25N3O3S. The molecule has 2 aromatic carbocycles. The molecule has 3 rings (SSSR count). The molecule has 144 valence electrons. The van der Waals surface area contributed by atoms with Crippen LogP contribution < -0.4 is 24.4 Å². The maximum atomic E-state index is 5.62. The highest BCUT2D eigenvalue weighted by molar-refractivity contribution is 7.80. The van der Waals surface area contributed by atoms with Crippen molar-refractivity contribution in [1.29, 1.82) is 0 Å². The molecule has 1 saturated heterocycles. The lowest BCUT2D eigenvalue weighted by atomic mass is 10.2. The first-order valence-corrected chi connectivity index (χ1v) is 9.22. The van der Waals surface area contributed by atoms with E-state index in [0.29, 0.717) is 5.11 Å². The van der Waals surface area contributed by atoms with E-state index in [9.17, 15) is 0 Å². The zero-order valence-electron chi connectivity index (χ0n) is 15.9. The third-order valence-electron chi connectivity index (χ3n) is 4.63. The molecule has 1 fully saturated rings. The number of nitrogens with zero attached hydrogens (tertiary/aromatic N) is 2. The molecule has 0 radical (unpaired) electrons. The number of nitrogens with one attached hydrogen (secondary N) is 1. The number of methoxy groups -OCH3 is 3. The summed E-state index contributed by atoms with van der Waals surface area (Å²) in [6, 6.07) is 13.8. The Morgan fingerprint density at radius 3 is 2.26 bits per heavy atom. The molecular weight excluding hydrogens is 362 g/mol. The minimum Gasteiger partial charge on any atom is -0.497 e. The van der Waals surface area contributed by atoms with Crippen LogP contribution in [0.15, 0.2) is 42.5 Å². The number of piperazine rings is 1. The van der Waals surface area contributed by atoms with E-state index in [1.54, 1.807) is 21.3 Å². The topological polar surface area (TPSA) is 46.2 Å². The smallest absolute Gasteiger partial charge is 0.173 e. The van der Waals surface area contributed by atoms with Crippen LogP contribution in [0, 0.1) is 0 Å². The normalized spacial score (nSPS) is 13.9. The molecule has 0 amide bonds. The first-order valence-electron chi connectivity index (χ1n) is 8.81. The van der Waals surface area contributed by atoms with Crippen molar-refractivity contribution in [3.63, 3.8) is 0 Å². The van der Waals surface area contributed by atoms with E-state index in [2.05, 4.69) is 27.2 Å². The van der Waals surface area contributed by atoms with Gasteiger partial charge in [0.2, 0.25) is 0 Å². The first kappa shape index (κ1) is 19.1. The van der Waals surface area contributed by atoms with E-state index in [-0.39, 0.29) is 0 Å². The Kier molecular flexibility index (Phi) is 6.24. The third kappa shape index (κ3) is 4.54. The number of hydrogen-bond acceptors (Lipinski definition) is 5. The van der Waals surface area contributed by atoms with E-state index >= 15 is 0 Å². The molecule has 1 aliphatic rings. The monoisotopic (exact) mass is 387 g/mol. The van der Waals surface area contributed by atoms with Gasteiger partial charge in [-0.25, -0.2) is 0 Å². The predicted molar refractivity (Wildman–Crippen MR) is 113 cm³/mol. The van der Waals surface area contributed by atoms with Crippen LogP contribution in [0.5, 0.6) is 17.2 Å². The van der Waals surface area contributed by atoms with E-state index in [1.165, 1.54) is 5.69 Å². The van der Waals surface area contributed by atoms with Gasteiger partial charge in [-0.05, 0) is 36.5 Å². The summed E-state index contributed by atoms with van der Waals surface area (Å²) >= 11 is 5.62. The van der Waals surface area contributed by atoms with Gasteiger partial charge in [-0.15, -0.1) is 0 Å². The number of thiocarbonyl (C=S) groups is 1. The lowest BCUT2D eigenvalue weighted by molar-refractivity contribution is 0.388. The van der Waals surface area contributed by atoms with Crippen LogP contribution in [0.2, 0.25) is 0 Å². The molecule has 0 spiro atoms. The predicted octanol–water partition coefficient (Wildman–Crippen LogP) is 3.23. The molecule has 2 aromatic rings. The van der Waals surface area contributed by atoms with E-state index in [4.69, 9.17) is 26.4 Å². The van der Waals surface area contributed by atoms with Crippen molar-refractivity contribution in [2.24, 2.45) is 0 Å². The van der Waals surface area contributed by atoms with Crippen molar-refractivity contribution >= 4 is 28.7 Å². The number of hydrogen-bond donors (Lipinski definition) is 1. The molecule has 1 N–H and O–H groups in total. The van der Waals surface area contributed by atoms with Crippen molar-refractivity contribution in [3.05, 3.63) is 42.5 Å². The summed E-state index contributed by atoms with van der Waals surface area (Å²) in [5, 5.41) is 3.98. The molecule has 0 aliphatic carbocycles. The Balaban J connectivity index is 1.62. The summed E-state index contributed by atoms with van der Waals surface area (Å²) in [7, 11) is 4.97. The quantitative estimate of drug-likeness (QED) is 0.791. The lowest BCUT2D eigenvalue weighted by Gasteiger charge is -2.37. The summed E-state index contributed by atoms with van der Waals surface area (Å²) < 4.78 is 16.0. The molecule has 1 aliphatic heterocycles. The Hall–Kier alpha value is -2.67. The number of ether oxygens (including phenoxy) is 3. The van der Waals surface area contributed by atoms with E-state index in [0.717, 1.165) is 49.1 Å². The minimum atomic E-state index is 0.687. The van der Waals surface area contributed by atoms with Gasteiger partial charge in [-0.1, -0.05) is 6.07 Å². The van der Waals surface area contributed by atoms with Crippen molar-refractivity contribution in [2.75, 3.05) is 57.7 Å². The molecule has 0 saturated carbocycles. The molecule has 7 heteroatoms. The molecule has 0 unspecified atom stereocenters. The van der Waals surface area contributed by atoms with Crippen molar-refractivity contribution in [1.82, 2.24) is 4.90 Å². The van der Waals surface area contributed by atoms with Gasteiger partial charge in [0.05, 0.1) is 27.0 Å². The van der Waals surface area contributed by atoms with Gasteiger partial charge >= 0.3 is 0 Å². The molecule has 0 aromatic heterocycles. The van der Waals surface area contributed by atoms with Crippen molar-refractivity contribution in [3.8, 4) is 17.2 Å². The minimum absolute atomic E-state index is 0.687.